The second kappa shape index (κ2) is 19.2. The number of unbranched alkanes of at least 4 members (excludes halogenated alkanes) is 11. The van der Waals surface area contributed by atoms with Crippen LogP contribution in [0, 0.1) is 5.92 Å². The quantitative estimate of drug-likeness (QED) is 0.111. The summed E-state index contributed by atoms with van der Waals surface area (Å²) in [4.78, 5) is 38.9. The number of rotatable bonds is 20. The molecule has 1 amide bonds. The van der Waals surface area contributed by atoms with Crippen molar-refractivity contribution in [2.24, 2.45) is 5.92 Å². The van der Waals surface area contributed by atoms with Crippen LogP contribution in [-0.2, 0) is 9.32 Å². The Morgan fingerprint density at radius 3 is 1.87 bits per heavy atom. The van der Waals surface area contributed by atoms with Crippen LogP contribution in [0.3, 0.4) is 0 Å². The molecule has 30 heavy (non-hydrogen) atoms. The summed E-state index contributed by atoms with van der Waals surface area (Å²) in [5.41, 5.74) is 0. The first kappa shape index (κ1) is 29.5. The van der Waals surface area contributed by atoms with Crippen molar-refractivity contribution in [3.8, 4) is 0 Å². The van der Waals surface area contributed by atoms with Crippen molar-refractivity contribution >= 4 is 14.1 Å². The second-order valence-corrected chi connectivity index (χ2v) is 10.1. The molecule has 0 aliphatic heterocycles. The minimum atomic E-state index is -4.54. The number of hydrogen-bond acceptors (Lipinski definition) is 5. The van der Waals surface area contributed by atoms with Gasteiger partial charge in [-0.1, -0.05) is 51.2 Å². The van der Waals surface area contributed by atoms with Gasteiger partial charge in [0.15, 0.2) is 0 Å². The number of amides is 1. The van der Waals surface area contributed by atoms with Crippen molar-refractivity contribution in [2.75, 3.05) is 6.61 Å². The van der Waals surface area contributed by atoms with E-state index < -0.39 is 8.17 Å². The van der Waals surface area contributed by atoms with Crippen molar-refractivity contribution in [1.29, 1.82) is 0 Å². The summed E-state index contributed by atoms with van der Waals surface area (Å²) in [5.74, 6) is 0.00965. The maximum absolute atomic E-state index is 12.1. The average molecular weight is 450 g/mol. The fourth-order valence-corrected chi connectivity index (χ4v) is 3.64. The minimum absolute atomic E-state index is 0.0592. The van der Waals surface area contributed by atoms with E-state index in [1.54, 1.807) is 0 Å². The van der Waals surface area contributed by atoms with Crippen molar-refractivity contribution in [2.45, 2.75) is 117 Å². The van der Waals surface area contributed by atoms with E-state index in [9.17, 15) is 4.79 Å². The van der Waals surface area contributed by atoms with Crippen LogP contribution < -0.4 is 5.32 Å². The van der Waals surface area contributed by atoms with E-state index in [4.69, 9.17) is 14.7 Å². The normalized spacial score (nSPS) is 13.8. The number of carbonyl (C=O) groups is 1. The molecule has 0 aliphatic rings. The van der Waals surface area contributed by atoms with E-state index in [0.717, 1.165) is 25.7 Å². The van der Waals surface area contributed by atoms with Gasteiger partial charge >= 0.3 is 121 Å². The Hall–Kier alpha value is -0.520. The first-order chi connectivity index (χ1) is 14.3. The van der Waals surface area contributed by atoms with Crippen LogP contribution in [0.5, 0.6) is 0 Å². The van der Waals surface area contributed by atoms with Gasteiger partial charge in [-0.2, -0.15) is 0 Å². The predicted octanol–water partition coefficient (Wildman–Crippen LogP) is 5.57. The van der Waals surface area contributed by atoms with Gasteiger partial charge in [-0.3, -0.25) is 0 Å². The average Bonchev–Trinajstić information content (AvgIpc) is 2.67. The molecule has 1 atom stereocenters. The molecule has 1 unspecified atom stereocenters. The molecule has 0 aromatic carbocycles. The second-order valence-electron chi connectivity index (χ2n) is 8.64. The zero-order valence-electron chi connectivity index (χ0n) is 19.6. The number of hydrogen-bond donors (Lipinski definition) is 4. The molecule has 0 saturated heterocycles. The van der Waals surface area contributed by atoms with Gasteiger partial charge in [0.05, 0.1) is 0 Å². The molecule has 0 bridgehead atoms. The van der Waals surface area contributed by atoms with Gasteiger partial charge < -0.3 is 0 Å². The molecule has 0 saturated carbocycles. The molecule has 0 radical (unpaired) electrons. The fourth-order valence-electron chi connectivity index (χ4n) is 3.24. The summed E-state index contributed by atoms with van der Waals surface area (Å²) in [6.07, 6.45) is 21.0. The van der Waals surface area contributed by atoms with Crippen molar-refractivity contribution < 1.29 is 24.0 Å². The number of allylic oxidation sites excluding steroid dienone is 2. The molecule has 6 nitrogen and oxygen atoms in total. The van der Waals surface area contributed by atoms with Gasteiger partial charge in [0.1, 0.15) is 0 Å². The van der Waals surface area contributed by atoms with Gasteiger partial charge in [-0.25, -0.2) is 0 Å². The standard InChI is InChI=1S/C23H48NO5P/c1-4-5-6-7-8-9-10-11-12-13-14-15-16-17-18-19-23(25)24-22(21(2)3)20-29-30(26,27)28/h11-12,21-22,26-28,30H,4-10,13-20H2,1-3H3,(H,24,25)/b12-11-. The predicted molar refractivity (Wildman–Crippen MR) is 127 cm³/mol. The van der Waals surface area contributed by atoms with Crippen LogP contribution in [-0.4, -0.2) is 33.2 Å². The summed E-state index contributed by atoms with van der Waals surface area (Å²) in [5, 5.41) is 2.85. The molecule has 0 heterocycles. The molecule has 0 aromatic heterocycles. The van der Waals surface area contributed by atoms with Gasteiger partial charge in [0.2, 0.25) is 0 Å². The van der Waals surface area contributed by atoms with Crippen molar-refractivity contribution in [1.82, 2.24) is 5.32 Å². The molecule has 4 N–H and O–H groups in total. The SMILES string of the molecule is CCCCCCCC/C=C\CCCCCCCC(=O)NC(CO[PH](O)(O)O)C(C)C. The van der Waals surface area contributed by atoms with E-state index >= 15 is 0 Å². The third-order valence-corrected chi connectivity index (χ3v) is 5.83. The van der Waals surface area contributed by atoms with Gasteiger partial charge in [-0.05, 0) is 12.8 Å². The Morgan fingerprint density at radius 2 is 1.37 bits per heavy atom. The first-order valence-corrected chi connectivity index (χ1v) is 13.8. The topological polar surface area (TPSA) is 99.0 Å². The Bertz CT molecular complexity index is 438. The van der Waals surface area contributed by atoms with Crippen LogP contribution in [0.2, 0.25) is 0 Å². The summed E-state index contributed by atoms with van der Waals surface area (Å²) in [6, 6.07) is -0.348. The zero-order valence-corrected chi connectivity index (χ0v) is 20.6. The van der Waals surface area contributed by atoms with Gasteiger partial charge in [0.25, 0.3) is 0 Å². The van der Waals surface area contributed by atoms with Crippen LogP contribution in [0.1, 0.15) is 111 Å². The van der Waals surface area contributed by atoms with E-state index in [0.29, 0.717) is 6.42 Å². The van der Waals surface area contributed by atoms with Crippen molar-refractivity contribution in [3.05, 3.63) is 12.2 Å². The number of nitrogens with one attached hydrogen (secondary N) is 1. The Labute approximate surface area is 185 Å². The monoisotopic (exact) mass is 449 g/mol. The molecule has 0 aliphatic carbocycles. The summed E-state index contributed by atoms with van der Waals surface area (Å²) in [7, 11) is -4.54. The summed E-state index contributed by atoms with van der Waals surface area (Å²) >= 11 is 0. The maximum atomic E-state index is 12.1. The fraction of sp³-hybridized carbons (Fsp3) is 0.870. The molecule has 0 aromatic rings. The summed E-state index contributed by atoms with van der Waals surface area (Å²) < 4.78 is 4.67. The number of carbonyl (C=O) groups excluding carboxylic acids is 1. The van der Waals surface area contributed by atoms with E-state index in [2.05, 4.69) is 28.9 Å². The Morgan fingerprint density at radius 1 is 0.867 bits per heavy atom. The van der Waals surface area contributed by atoms with Crippen LogP contribution in [0.25, 0.3) is 0 Å². The Kier molecular flexibility index (Phi) is 18.9. The molecule has 180 valence electrons. The third kappa shape index (κ3) is 20.7. The molecule has 0 fully saturated rings. The zero-order chi connectivity index (χ0) is 22.7. The molecule has 0 rings (SSSR count). The van der Waals surface area contributed by atoms with Crippen molar-refractivity contribution in [3.63, 3.8) is 0 Å². The Balaban J connectivity index is 3.60. The van der Waals surface area contributed by atoms with Gasteiger partial charge in [0, 0.05) is 0 Å². The molecule has 7 heteroatoms. The van der Waals surface area contributed by atoms with E-state index in [1.807, 2.05) is 13.8 Å². The van der Waals surface area contributed by atoms with Gasteiger partial charge in [-0.15, -0.1) is 0 Å². The molecule has 0 spiro atoms. The summed E-state index contributed by atoms with van der Waals surface area (Å²) in [6.45, 7) is 5.96. The third-order valence-electron chi connectivity index (χ3n) is 5.27. The van der Waals surface area contributed by atoms with E-state index in [-0.39, 0.29) is 24.5 Å². The van der Waals surface area contributed by atoms with E-state index in [1.165, 1.54) is 57.8 Å². The van der Waals surface area contributed by atoms with Crippen LogP contribution >= 0.6 is 8.17 Å². The first-order valence-electron chi connectivity index (χ1n) is 12.0. The molecular weight excluding hydrogens is 401 g/mol. The molecular formula is C23H48NO5P. The van der Waals surface area contributed by atoms with Crippen LogP contribution in [0.4, 0.5) is 0 Å². The van der Waals surface area contributed by atoms with Crippen LogP contribution in [0.15, 0.2) is 12.2 Å².